The average molecular weight is 125 g/mol. The van der Waals surface area contributed by atoms with E-state index in [1.807, 2.05) is 0 Å². The van der Waals surface area contributed by atoms with Crippen LogP contribution in [0.25, 0.3) is 0 Å². The number of nitrogens with two attached hydrogens (primary N) is 1. The summed E-state index contributed by atoms with van der Waals surface area (Å²) in [7, 11) is 1.72. The number of nitrogens with zero attached hydrogens (tertiary/aromatic N) is 2. The quantitative estimate of drug-likeness (QED) is 0.551. The van der Waals surface area contributed by atoms with E-state index >= 15 is 0 Å². The van der Waals surface area contributed by atoms with E-state index in [-0.39, 0.29) is 5.82 Å². The van der Waals surface area contributed by atoms with Crippen molar-refractivity contribution in [2.45, 2.75) is 0 Å². The maximum absolute atomic E-state index is 10.4. The lowest BCUT2D eigenvalue weighted by Crippen LogP contribution is -2.16. The Morgan fingerprint density at radius 1 is 1.89 bits per heavy atom. The zero-order valence-electron chi connectivity index (χ0n) is 5.03. The number of carbonyl (C=O) groups excluding carboxylic acids is 1. The molecule has 1 rings (SSSR count). The van der Waals surface area contributed by atoms with E-state index in [1.54, 1.807) is 17.8 Å². The van der Waals surface area contributed by atoms with Gasteiger partial charge in [-0.3, -0.25) is 4.79 Å². The molecule has 1 amide bonds. The summed E-state index contributed by atoms with van der Waals surface area (Å²) in [5.41, 5.74) is 4.94. The molecule has 48 valence electrons. The van der Waals surface area contributed by atoms with Crippen LogP contribution in [0.3, 0.4) is 0 Å². The molecule has 0 saturated carbocycles. The largest absolute Gasteiger partial charge is 0.363 e. The van der Waals surface area contributed by atoms with Crippen molar-refractivity contribution in [3.8, 4) is 0 Å². The topological polar surface area (TPSA) is 60.9 Å². The van der Waals surface area contributed by atoms with E-state index < -0.39 is 5.91 Å². The highest BCUT2D eigenvalue weighted by atomic mass is 16.1. The standard InChI is InChI=1S/C5H7N3O/c1-8-3-2-7-5(8)4(6)9/h2-3H,1H3,(H2,6,9). The van der Waals surface area contributed by atoms with Gasteiger partial charge in [-0.15, -0.1) is 0 Å². The first-order chi connectivity index (χ1) is 4.22. The number of primary amides is 1. The molecule has 0 radical (unpaired) electrons. The highest BCUT2D eigenvalue weighted by Gasteiger charge is 2.02. The number of rotatable bonds is 1. The Kier molecular flexibility index (Phi) is 1.22. The monoisotopic (exact) mass is 125 g/mol. The van der Waals surface area contributed by atoms with Gasteiger partial charge >= 0.3 is 0 Å². The molecular weight excluding hydrogens is 118 g/mol. The molecule has 0 aliphatic heterocycles. The summed E-state index contributed by atoms with van der Waals surface area (Å²) in [5.74, 6) is -0.211. The molecule has 0 atom stereocenters. The second-order valence-corrected chi connectivity index (χ2v) is 1.73. The minimum atomic E-state index is -0.498. The Morgan fingerprint density at radius 3 is 2.78 bits per heavy atom. The molecule has 4 nitrogen and oxygen atoms in total. The Morgan fingerprint density at radius 2 is 2.56 bits per heavy atom. The first-order valence-corrected chi connectivity index (χ1v) is 2.49. The van der Waals surface area contributed by atoms with Crippen LogP contribution in [0, 0.1) is 0 Å². The normalized spacial score (nSPS) is 9.44. The predicted molar refractivity (Wildman–Crippen MR) is 31.7 cm³/mol. The van der Waals surface area contributed by atoms with Gasteiger partial charge in [-0.25, -0.2) is 4.98 Å². The molecule has 2 N–H and O–H groups in total. The predicted octanol–water partition coefficient (Wildman–Crippen LogP) is -0.481. The van der Waals surface area contributed by atoms with E-state index in [4.69, 9.17) is 5.73 Å². The fraction of sp³-hybridized carbons (Fsp3) is 0.200. The summed E-state index contributed by atoms with van der Waals surface area (Å²) < 4.78 is 1.57. The molecule has 0 fully saturated rings. The van der Waals surface area contributed by atoms with Gasteiger partial charge in [0.25, 0.3) is 5.91 Å². The molecule has 1 aromatic rings. The molecule has 1 aromatic heterocycles. The average Bonchev–Trinajstić information content (AvgIpc) is 2.13. The first-order valence-electron chi connectivity index (χ1n) is 2.49. The van der Waals surface area contributed by atoms with Crippen molar-refractivity contribution in [1.29, 1.82) is 0 Å². The van der Waals surface area contributed by atoms with Crippen molar-refractivity contribution < 1.29 is 4.79 Å². The number of imidazole rings is 1. The second-order valence-electron chi connectivity index (χ2n) is 1.73. The van der Waals surface area contributed by atoms with Crippen LogP contribution in [0.2, 0.25) is 0 Å². The highest BCUT2D eigenvalue weighted by Crippen LogP contribution is 1.89. The number of hydrogen-bond donors (Lipinski definition) is 1. The van der Waals surface area contributed by atoms with Crippen molar-refractivity contribution in [2.75, 3.05) is 0 Å². The van der Waals surface area contributed by atoms with Gasteiger partial charge in [-0.2, -0.15) is 0 Å². The minimum absolute atomic E-state index is 0.287. The van der Waals surface area contributed by atoms with E-state index in [9.17, 15) is 4.79 Å². The lowest BCUT2D eigenvalue weighted by molar-refractivity contribution is 0.0987. The third-order valence-corrected chi connectivity index (χ3v) is 1.04. The maximum Gasteiger partial charge on any atom is 0.284 e. The van der Waals surface area contributed by atoms with Gasteiger partial charge in [-0.05, 0) is 0 Å². The van der Waals surface area contributed by atoms with Gasteiger partial charge in [0.05, 0.1) is 0 Å². The van der Waals surface area contributed by atoms with E-state index in [1.165, 1.54) is 6.20 Å². The summed E-state index contributed by atoms with van der Waals surface area (Å²) in [4.78, 5) is 14.1. The smallest absolute Gasteiger partial charge is 0.284 e. The molecule has 0 aromatic carbocycles. The minimum Gasteiger partial charge on any atom is -0.363 e. The number of aromatic nitrogens is 2. The summed E-state index contributed by atoms with van der Waals surface area (Å²) in [6, 6.07) is 0. The van der Waals surface area contributed by atoms with Crippen molar-refractivity contribution in [3.63, 3.8) is 0 Å². The summed E-state index contributed by atoms with van der Waals surface area (Å²) >= 11 is 0. The number of amides is 1. The Balaban J connectivity index is 3.08. The van der Waals surface area contributed by atoms with E-state index in [0.29, 0.717) is 0 Å². The lowest BCUT2D eigenvalue weighted by atomic mass is 10.6. The molecule has 1 heterocycles. The van der Waals surface area contributed by atoms with Gasteiger partial charge in [0, 0.05) is 19.4 Å². The molecule has 0 saturated heterocycles. The highest BCUT2D eigenvalue weighted by molar-refractivity contribution is 5.89. The Hall–Kier alpha value is -1.32. The van der Waals surface area contributed by atoms with Crippen LogP contribution in [-0.2, 0) is 7.05 Å². The number of carbonyl (C=O) groups is 1. The second kappa shape index (κ2) is 1.89. The molecule has 9 heavy (non-hydrogen) atoms. The molecule has 0 unspecified atom stereocenters. The zero-order valence-corrected chi connectivity index (χ0v) is 5.03. The van der Waals surface area contributed by atoms with Crippen LogP contribution >= 0.6 is 0 Å². The summed E-state index contributed by atoms with van der Waals surface area (Å²) in [6.07, 6.45) is 3.19. The Labute approximate surface area is 52.3 Å². The van der Waals surface area contributed by atoms with Crippen molar-refractivity contribution in [1.82, 2.24) is 9.55 Å². The number of hydrogen-bond acceptors (Lipinski definition) is 2. The van der Waals surface area contributed by atoms with Crippen molar-refractivity contribution >= 4 is 5.91 Å². The number of aryl methyl sites for hydroxylation is 1. The first kappa shape index (κ1) is 5.81. The molecule has 0 aliphatic rings. The fourth-order valence-corrected chi connectivity index (χ4v) is 0.603. The summed E-state index contributed by atoms with van der Waals surface area (Å²) in [6.45, 7) is 0. The van der Waals surface area contributed by atoms with Crippen LogP contribution < -0.4 is 5.73 Å². The van der Waals surface area contributed by atoms with Crippen LogP contribution in [0.15, 0.2) is 12.4 Å². The van der Waals surface area contributed by atoms with Gasteiger partial charge in [0.1, 0.15) is 0 Å². The van der Waals surface area contributed by atoms with E-state index in [0.717, 1.165) is 0 Å². The molecule has 0 aliphatic carbocycles. The molecular formula is C5H7N3O. The summed E-state index contributed by atoms with van der Waals surface area (Å²) in [5, 5.41) is 0. The van der Waals surface area contributed by atoms with Gasteiger partial charge in [0.2, 0.25) is 0 Å². The Bertz CT molecular complexity index is 228. The zero-order chi connectivity index (χ0) is 6.85. The third kappa shape index (κ3) is 0.910. The SMILES string of the molecule is Cn1ccnc1C(N)=O. The van der Waals surface area contributed by atoms with Crippen molar-refractivity contribution in [2.24, 2.45) is 12.8 Å². The van der Waals surface area contributed by atoms with Crippen LogP contribution in [0.4, 0.5) is 0 Å². The van der Waals surface area contributed by atoms with Gasteiger partial charge < -0.3 is 10.3 Å². The van der Waals surface area contributed by atoms with Crippen LogP contribution in [0.5, 0.6) is 0 Å². The van der Waals surface area contributed by atoms with E-state index in [2.05, 4.69) is 4.98 Å². The van der Waals surface area contributed by atoms with Gasteiger partial charge in [0.15, 0.2) is 5.82 Å². The maximum atomic E-state index is 10.4. The van der Waals surface area contributed by atoms with Crippen LogP contribution in [0.1, 0.15) is 10.6 Å². The lowest BCUT2D eigenvalue weighted by Gasteiger charge is -1.92. The third-order valence-electron chi connectivity index (χ3n) is 1.04. The molecule has 0 spiro atoms. The van der Waals surface area contributed by atoms with Gasteiger partial charge in [-0.1, -0.05) is 0 Å². The van der Waals surface area contributed by atoms with Crippen LogP contribution in [-0.4, -0.2) is 15.5 Å². The van der Waals surface area contributed by atoms with Crippen molar-refractivity contribution in [3.05, 3.63) is 18.2 Å². The molecule has 0 bridgehead atoms. The fourth-order valence-electron chi connectivity index (χ4n) is 0.603. The molecule has 4 heteroatoms.